The maximum Gasteiger partial charge on any atom is 0.229 e. The van der Waals surface area contributed by atoms with E-state index in [0.29, 0.717) is 11.9 Å². The van der Waals surface area contributed by atoms with Crippen molar-refractivity contribution in [2.24, 2.45) is 11.8 Å². The van der Waals surface area contributed by atoms with Gasteiger partial charge < -0.3 is 10.6 Å². The molecule has 0 aromatic carbocycles. The quantitative estimate of drug-likeness (QED) is 0.876. The number of hydrogen-bond donors (Lipinski definition) is 1. The highest BCUT2D eigenvalue weighted by Crippen LogP contribution is 2.46. The van der Waals surface area contributed by atoms with Crippen LogP contribution in [-0.2, 0) is 6.54 Å². The van der Waals surface area contributed by atoms with Crippen LogP contribution in [0.5, 0.6) is 0 Å². The molecule has 3 atom stereocenters. The summed E-state index contributed by atoms with van der Waals surface area (Å²) in [5, 5.41) is 0. The van der Waals surface area contributed by atoms with Crippen molar-refractivity contribution in [1.29, 1.82) is 0 Å². The molecule has 3 fully saturated rings. The van der Waals surface area contributed by atoms with Crippen LogP contribution in [0, 0.1) is 11.8 Å². The Morgan fingerprint density at radius 2 is 1.83 bits per heavy atom. The summed E-state index contributed by atoms with van der Waals surface area (Å²) in [4.78, 5) is 20.1. The van der Waals surface area contributed by atoms with Crippen LogP contribution in [0.2, 0.25) is 0 Å². The van der Waals surface area contributed by atoms with Gasteiger partial charge in [-0.1, -0.05) is 6.42 Å². The number of nitrogens with two attached hydrogens (primary N) is 1. The van der Waals surface area contributed by atoms with Crippen LogP contribution in [-0.4, -0.2) is 71.1 Å². The number of aromatic nitrogens is 3. The van der Waals surface area contributed by atoms with E-state index in [2.05, 4.69) is 24.8 Å². The van der Waals surface area contributed by atoms with Crippen molar-refractivity contribution >= 4 is 11.9 Å². The summed E-state index contributed by atoms with van der Waals surface area (Å²) in [6.45, 7) is 5.30. The lowest BCUT2D eigenvalue weighted by molar-refractivity contribution is 0.0668. The van der Waals surface area contributed by atoms with Gasteiger partial charge in [-0.05, 0) is 31.1 Å². The zero-order valence-corrected chi connectivity index (χ0v) is 14.9. The molecule has 0 amide bonds. The van der Waals surface area contributed by atoms with E-state index in [0.717, 1.165) is 43.3 Å². The van der Waals surface area contributed by atoms with E-state index in [-0.39, 0.29) is 0 Å². The highest BCUT2D eigenvalue weighted by atomic mass is 15.3. The molecular weight excluding hydrogens is 302 g/mol. The van der Waals surface area contributed by atoms with E-state index in [1.54, 1.807) is 0 Å². The van der Waals surface area contributed by atoms with Crippen molar-refractivity contribution in [3.05, 3.63) is 5.82 Å². The Labute approximate surface area is 144 Å². The van der Waals surface area contributed by atoms with Gasteiger partial charge in [-0.25, -0.2) is 0 Å². The molecular formula is C17H29N7. The molecule has 0 spiro atoms. The summed E-state index contributed by atoms with van der Waals surface area (Å²) in [6, 6.07) is 0.860. The van der Waals surface area contributed by atoms with Crippen LogP contribution in [0.4, 0.5) is 11.9 Å². The second-order valence-electron chi connectivity index (χ2n) is 7.86. The molecule has 1 aromatic heterocycles. The van der Waals surface area contributed by atoms with E-state index in [1.165, 1.54) is 38.8 Å². The van der Waals surface area contributed by atoms with Gasteiger partial charge in [0.15, 0.2) is 0 Å². The van der Waals surface area contributed by atoms with Crippen molar-refractivity contribution in [2.45, 2.75) is 38.3 Å². The monoisotopic (exact) mass is 331 g/mol. The average Bonchev–Trinajstić information content (AvgIpc) is 3.18. The highest BCUT2D eigenvalue weighted by Gasteiger charge is 2.42. The van der Waals surface area contributed by atoms with Crippen LogP contribution in [0.1, 0.15) is 31.5 Å². The zero-order chi connectivity index (χ0) is 16.7. The minimum absolute atomic E-state index is 0.310. The third-order valence-electron chi connectivity index (χ3n) is 6.03. The average molecular weight is 331 g/mol. The summed E-state index contributed by atoms with van der Waals surface area (Å²) in [5.74, 6) is 3.73. The van der Waals surface area contributed by atoms with Crippen molar-refractivity contribution in [3.63, 3.8) is 0 Å². The first kappa shape index (κ1) is 16.0. The van der Waals surface area contributed by atoms with Crippen LogP contribution >= 0.6 is 0 Å². The first-order valence-electron chi connectivity index (χ1n) is 9.22. The van der Waals surface area contributed by atoms with Gasteiger partial charge in [0.25, 0.3) is 0 Å². The fourth-order valence-corrected chi connectivity index (χ4v) is 4.81. The molecule has 1 aromatic rings. The van der Waals surface area contributed by atoms with Gasteiger partial charge in [0.05, 0.1) is 6.54 Å². The summed E-state index contributed by atoms with van der Waals surface area (Å²) in [5.41, 5.74) is 5.83. The van der Waals surface area contributed by atoms with Crippen LogP contribution in [0.25, 0.3) is 0 Å². The van der Waals surface area contributed by atoms with E-state index >= 15 is 0 Å². The fourth-order valence-electron chi connectivity index (χ4n) is 4.81. The summed E-state index contributed by atoms with van der Waals surface area (Å²) in [7, 11) is 3.85. The molecule has 3 aliphatic rings. The number of nitrogen functional groups attached to an aromatic ring is 1. The smallest absolute Gasteiger partial charge is 0.229 e. The van der Waals surface area contributed by atoms with Crippen LogP contribution in [0.3, 0.4) is 0 Å². The lowest BCUT2D eigenvalue weighted by Gasteiger charge is -2.40. The van der Waals surface area contributed by atoms with E-state index in [4.69, 9.17) is 5.73 Å². The highest BCUT2D eigenvalue weighted by molar-refractivity contribution is 5.32. The molecule has 1 aliphatic heterocycles. The predicted molar refractivity (Wildman–Crippen MR) is 94.7 cm³/mol. The Hall–Kier alpha value is -1.47. The fraction of sp³-hybridized carbons (Fsp3) is 0.824. The second kappa shape index (κ2) is 6.44. The number of fused-ring (bicyclic) bond motifs is 2. The van der Waals surface area contributed by atoms with Crippen molar-refractivity contribution in [3.8, 4) is 0 Å². The lowest BCUT2D eigenvalue weighted by atomic mass is 9.93. The van der Waals surface area contributed by atoms with Crippen LogP contribution < -0.4 is 10.6 Å². The second-order valence-corrected chi connectivity index (χ2v) is 7.86. The molecule has 24 heavy (non-hydrogen) atoms. The predicted octanol–water partition coefficient (Wildman–Crippen LogP) is 0.826. The lowest BCUT2D eigenvalue weighted by Crippen LogP contribution is -2.51. The Bertz CT molecular complexity index is 582. The Morgan fingerprint density at radius 1 is 1.04 bits per heavy atom. The van der Waals surface area contributed by atoms with E-state index in [9.17, 15) is 0 Å². The van der Waals surface area contributed by atoms with Crippen molar-refractivity contribution < 1.29 is 0 Å². The first-order valence-corrected chi connectivity index (χ1v) is 9.22. The van der Waals surface area contributed by atoms with E-state index in [1.807, 2.05) is 19.0 Å². The molecule has 2 bridgehead atoms. The van der Waals surface area contributed by atoms with Crippen molar-refractivity contribution in [2.75, 3.05) is 50.9 Å². The maximum absolute atomic E-state index is 5.83. The zero-order valence-electron chi connectivity index (χ0n) is 14.9. The SMILES string of the molecule is CN(C)c1nc(N)nc(CN2CCN([C@@H]3C[C@H]4CC[C@H]3C4)CC2)n1. The molecule has 7 nitrogen and oxygen atoms in total. The van der Waals surface area contributed by atoms with Gasteiger partial charge in [0.1, 0.15) is 5.82 Å². The largest absolute Gasteiger partial charge is 0.368 e. The maximum atomic E-state index is 5.83. The van der Waals surface area contributed by atoms with Gasteiger partial charge in [0, 0.05) is 46.3 Å². The molecule has 2 heterocycles. The normalized spacial score (nSPS) is 30.8. The minimum atomic E-state index is 0.310. The minimum Gasteiger partial charge on any atom is -0.368 e. The molecule has 1 saturated heterocycles. The standard InChI is InChI=1S/C17H29N7/c1-22(2)17-20-15(19-16(18)21-17)11-23-5-7-24(8-6-23)14-10-12-3-4-13(14)9-12/h12-14H,3-11H2,1-2H3,(H2,18,19,20,21)/t12-,13-,14+/m0/s1. The molecule has 0 radical (unpaired) electrons. The van der Waals surface area contributed by atoms with E-state index < -0.39 is 0 Å². The van der Waals surface area contributed by atoms with Gasteiger partial charge in [-0.2, -0.15) is 15.0 Å². The Kier molecular flexibility index (Phi) is 4.30. The molecule has 4 rings (SSSR count). The molecule has 2 saturated carbocycles. The summed E-state index contributed by atoms with van der Waals surface area (Å²) in [6.07, 6.45) is 5.88. The van der Waals surface area contributed by atoms with Gasteiger partial charge in [-0.15, -0.1) is 0 Å². The third kappa shape index (κ3) is 3.19. The molecule has 7 heteroatoms. The molecule has 2 aliphatic carbocycles. The topological polar surface area (TPSA) is 74.4 Å². The number of rotatable bonds is 4. The molecule has 0 unspecified atom stereocenters. The summed E-state index contributed by atoms with van der Waals surface area (Å²) >= 11 is 0. The number of piperazine rings is 1. The molecule has 2 N–H and O–H groups in total. The Morgan fingerprint density at radius 3 is 2.46 bits per heavy atom. The van der Waals surface area contributed by atoms with Crippen LogP contribution in [0.15, 0.2) is 0 Å². The third-order valence-corrected chi connectivity index (χ3v) is 6.03. The van der Waals surface area contributed by atoms with Gasteiger partial charge >= 0.3 is 0 Å². The first-order chi connectivity index (χ1) is 11.6. The van der Waals surface area contributed by atoms with Crippen molar-refractivity contribution in [1.82, 2.24) is 24.8 Å². The summed E-state index contributed by atoms with van der Waals surface area (Å²) < 4.78 is 0. The van der Waals surface area contributed by atoms with Gasteiger partial charge in [0.2, 0.25) is 11.9 Å². The molecule has 132 valence electrons. The Balaban J connectivity index is 1.33. The van der Waals surface area contributed by atoms with Gasteiger partial charge in [-0.3, -0.25) is 9.80 Å². The number of nitrogens with zero attached hydrogens (tertiary/aromatic N) is 6. The number of anilines is 2. The number of hydrogen-bond acceptors (Lipinski definition) is 7.